The van der Waals surface area contributed by atoms with Gasteiger partial charge in [0, 0.05) is 12.1 Å². The van der Waals surface area contributed by atoms with E-state index in [1.54, 1.807) is 12.1 Å². The fourth-order valence-corrected chi connectivity index (χ4v) is 6.96. The molecule has 3 aromatic rings. The zero-order chi connectivity index (χ0) is 33.1. The monoisotopic (exact) mass is 636 g/mol. The van der Waals surface area contributed by atoms with Crippen molar-refractivity contribution in [3.63, 3.8) is 0 Å². The number of unbranched alkanes of at least 4 members (excludes halogenated alkanes) is 9. The van der Waals surface area contributed by atoms with Gasteiger partial charge in [-0.25, -0.2) is 13.1 Å². The SMILES string of the molecule is CCCCCCCCCCCCc1ccc(S(=O)(=O)N[C@H](c2cccc([N+](C)(C)C)c2)[C@H](N)c2cccc([N+](C)(C)C)c2)cc1. The molecule has 0 aromatic heterocycles. The lowest BCUT2D eigenvalue weighted by atomic mass is 9.94. The molecule has 0 aliphatic rings. The Kier molecular flexibility index (Phi) is 13.8. The van der Waals surface area contributed by atoms with Crippen LogP contribution in [0.1, 0.15) is 99.9 Å². The van der Waals surface area contributed by atoms with Gasteiger partial charge in [-0.2, -0.15) is 0 Å². The number of hydrogen-bond acceptors (Lipinski definition) is 3. The van der Waals surface area contributed by atoms with Gasteiger partial charge in [0.05, 0.1) is 59.3 Å². The summed E-state index contributed by atoms with van der Waals surface area (Å²) in [6.07, 6.45) is 14.0. The number of quaternary nitrogens is 2. The molecule has 0 fully saturated rings. The molecule has 2 atom stereocenters. The molecule has 0 aliphatic carbocycles. The van der Waals surface area contributed by atoms with Crippen molar-refractivity contribution >= 4 is 21.4 Å². The Balaban J connectivity index is 1.73. The number of nitrogens with two attached hydrogens (primary N) is 1. The highest BCUT2D eigenvalue weighted by Crippen LogP contribution is 2.33. The lowest BCUT2D eigenvalue weighted by molar-refractivity contribution is 0.476. The summed E-state index contributed by atoms with van der Waals surface area (Å²) in [4.78, 5) is 0.259. The Hall–Kier alpha value is -2.55. The molecule has 0 saturated carbocycles. The van der Waals surface area contributed by atoms with Crippen molar-refractivity contribution in [2.75, 3.05) is 42.3 Å². The van der Waals surface area contributed by atoms with Gasteiger partial charge >= 0.3 is 0 Å². The summed E-state index contributed by atoms with van der Waals surface area (Å²) in [5, 5.41) is 0. The number of nitrogens with zero attached hydrogens (tertiary/aromatic N) is 2. The van der Waals surface area contributed by atoms with E-state index in [4.69, 9.17) is 5.73 Å². The fraction of sp³-hybridized carbons (Fsp3) is 0.526. The molecule has 0 saturated heterocycles. The summed E-state index contributed by atoms with van der Waals surface area (Å²) >= 11 is 0. The third-order valence-corrected chi connectivity index (χ3v) is 10.2. The average Bonchev–Trinajstić information content (AvgIpc) is 3.00. The number of sulfonamides is 1. The first kappa shape index (κ1) is 36.9. The van der Waals surface area contributed by atoms with Crippen LogP contribution in [0.5, 0.6) is 0 Å². The van der Waals surface area contributed by atoms with Gasteiger partial charge in [-0.05, 0) is 53.8 Å². The van der Waals surface area contributed by atoms with E-state index in [9.17, 15) is 8.42 Å². The van der Waals surface area contributed by atoms with Gasteiger partial charge in [-0.15, -0.1) is 0 Å². The highest BCUT2D eigenvalue weighted by atomic mass is 32.2. The van der Waals surface area contributed by atoms with E-state index in [0.29, 0.717) is 8.97 Å². The molecule has 248 valence electrons. The summed E-state index contributed by atoms with van der Waals surface area (Å²) in [5.74, 6) is 0. The highest BCUT2D eigenvalue weighted by Gasteiger charge is 2.30. The first-order valence-corrected chi connectivity index (χ1v) is 18.4. The molecule has 0 amide bonds. The lowest BCUT2D eigenvalue weighted by Crippen LogP contribution is -2.38. The molecule has 3 aromatic carbocycles. The molecule has 45 heavy (non-hydrogen) atoms. The Morgan fingerprint density at radius 3 is 1.62 bits per heavy atom. The lowest BCUT2D eigenvalue weighted by Gasteiger charge is -2.29. The number of nitrogens with one attached hydrogen (secondary N) is 1. The van der Waals surface area contributed by atoms with Crippen molar-refractivity contribution < 1.29 is 8.42 Å². The maximum Gasteiger partial charge on any atom is 0.241 e. The van der Waals surface area contributed by atoms with Crippen LogP contribution in [0.15, 0.2) is 77.7 Å². The van der Waals surface area contributed by atoms with Crippen LogP contribution in [-0.4, -0.2) is 50.7 Å². The normalized spacial score (nSPS) is 14.0. The van der Waals surface area contributed by atoms with E-state index < -0.39 is 22.1 Å². The van der Waals surface area contributed by atoms with Gasteiger partial charge in [0.2, 0.25) is 10.0 Å². The van der Waals surface area contributed by atoms with E-state index in [1.807, 2.05) is 36.4 Å². The highest BCUT2D eigenvalue weighted by molar-refractivity contribution is 7.89. The van der Waals surface area contributed by atoms with Crippen LogP contribution in [0, 0.1) is 0 Å². The molecule has 7 heteroatoms. The summed E-state index contributed by atoms with van der Waals surface area (Å²) in [7, 11) is 8.77. The third kappa shape index (κ3) is 11.6. The largest absolute Gasteiger partial charge is 0.322 e. The molecule has 6 nitrogen and oxygen atoms in total. The zero-order valence-corrected chi connectivity index (χ0v) is 29.9. The van der Waals surface area contributed by atoms with Crippen LogP contribution in [0.2, 0.25) is 0 Å². The Morgan fingerprint density at radius 1 is 0.644 bits per heavy atom. The zero-order valence-electron chi connectivity index (χ0n) is 29.1. The van der Waals surface area contributed by atoms with E-state index in [1.165, 1.54) is 63.4 Å². The van der Waals surface area contributed by atoms with Crippen LogP contribution in [0.3, 0.4) is 0 Å². The molecule has 0 radical (unpaired) electrons. The summed E-state index contributed by atoms with van der Waals surface area (Å²) in [6, 6.07) is 22.3. The van der Waals surface area contributed by atoms with E-state index >= 15 is 0 Å². The van der Waals surface area contributed by atoms with Crippen molar-refractivity contribution in [2.24, 2.45) is 5.73 Å². The second-order valence-corrected chi connectivity index (χ2v) is 16.1. The maximum atomic E-state index is 13.8. The van der Waals surface area contributed by atoms with Gasteiger partial charge < -0.3 is 5.73 Å². The molecule has 0 bridgehead atoms. The smallest absolute Gasteiger partial charge is 0.241 e. The molecule has 3 rings (SSSR count). The number of aryl methyl sites for hydroxylation is 1. The van der Waals surface area contributed by atoms with Crippen molar-refractivity contribution in [1.29, 1.82) is 0 Å². The van der Waals surface area contributed by atoms with Crippen LogP contribution in [-0.2, 0) is 16.4 Å². The molecule has 0 spiro atoms. The van der Waals surface area contributed by atoms with Gasteiger partial charge in [0.25, 0.3) is 0 Å². The fourth-order valence-electron chi connectivity index (χ4n) is 5.71. The average molecular weight is 637 g/mol. The van der Waals surface area contributed by atoms with Crippen LogP contribution < -0.4 is 19.4 Å². The Labute approximate surface area is 274 Å². The van der Waals surface area contributed by atoms with Crippen molar-refractivity contribution in [3.8, 4) is 0 Å². The Morgan fingerprint density at radius 2 is 1.11 bits per heavy atom. The maximum absolute atomic E-state index is 13.8. The van der Waals surface area contributed by atoms with Crippen molar-refractivity contribution in [3.05, 3.63) is 89.5 Å². The predicted molar refractivity (Wildman–Crippen MR) is 194 cm³/mol. The van der Waals surface area contributed by atoms with E-state index in [-0.39, 0.29) is 4.90 Å². The second kappa shape index (κ2) is 16.8. The van der Waals surface area contributed by atoms with Gasteiger partial charge in [0.15, 0.2) is 0 Å². The van der Waals surface area contributed by atoms with Gasteiger partial charge in [-0.3, -0.25) is 8.97 Å². The van der Waals surface area contributed by atoms with Crippen LogP contribution in [0.4, 0.5) is 11.4 Å². The van der Waals surface area contributed by atoms with Crippen molar-refractivity contribution in [1.82, 2.24) is 13.7 Å². The first-order chi connectivity index (χ1) is 21.2. The minimum absolute atomic E-state index is 0.259. The molecular formula is C38H60N4O2S+2. The van der Waals surface area contributed by atoms with E-state index in [0.717, 1.165) is 35.3 Å². The summed E-state index contributed by atoms with van der Waals surface area (Å²) in [6.45, 7) is 2.26. The predicted octanol–water partition coefficient (Wildman–Crippen LogP) is 8.26. The molecule has 0 aliphatic heterocycles. The minimum Gasteiger partial charge on any atom is -0.322 e. The summed E-state index contributed by atoms with van der Waals surface area (Å²) < 4.78 is 31.9. The Bertz CT molecular complexity index is 1420. The number of benzene rings is 3. The number of rotatable bonds is 19. The second-order valence-electron chi connectivity index (χ2n) is 14.4. The van der Waals surface area contributed by atoms with Crippen LogP contribution >= 0.6 is 0 Å². The third-order valence-electron chi connectivity index (χ3n) is 8.73. The van der Waals surface area contributed by atoms with Crippen LogP contribution in [0.25, 0.3) is 0 Å². The van der Waals surface area contributed by atoms with E-state index in [2.05, 4.69) is 78.2 Å². The van der Waals surface area contributed by atoms with Gasteiger partial charge in [0.1, 0.15) is 11.4 Å². The summed E-state index contributed by atoms with van der Waals surface area (Å²) in [5.41, 5.74) is 12.0. The molecular weight excluding hydrogens is 577 g/mol. The molecule has 3 N–H and O–H groups in total. The standard InChI is InChI=1S/C38H60N4O2S/c1-8-9-10-11-12-13-14-15-16-17-20-31-25-27-36(28-26-31)45(43,44)40-38(33-22-19-24-35(30-33)42(5,6)7)37(39)32-21-18-23-34(29-32)41(2,3)4/h18-19,21-30,37-38,40H,8-17,20,39H2,1-7H3/q+2/t37-,38-/m1/s1. The van der Waals surface area contributed by atoms with Gasteiger partial charge in [-0.1, -0.05) is 101 Å². The quantitative estimate of drug-likeness (QED) is 0.103. The van der Waals surface area contributed by atoms with Crippen molar-refractivity contribution in [2.45, 2.75) is 94.5 Å². The topological polar surface area (TPSA) is 72.2 Å². The minimum atomic E-state index is -3.85. The number of hydrogen-bond donors (Lipinski definition) is 2. The first-order valence-electron chi connectivity index (χ1n) is 16.9. The molecule has 0 heterocycles. The molecule has 0 unspecified atom stereocenters.